The molecule has 0 spiro atoms. The highest BCUT2D eigenvalue weighted by Gasteiger charge is 2.11. The van der Waals surface area contributed by atoms with Crippen molar-refractivity contribution in [1.29, 1.82) is 0 Å². The van der Waals surface area contributed by atoms with Crippen LogP contribution in [-0.4, -0.2) is 41.0 Å². The van der Waals surface area contributed by atoms with Crippen LogP contribution in [0.5, 0.6) is 0 Å². The highest BCUT2D eigenvalue weighted by molar-refractivity contribution is 7.92. The van der Waals surface area contributed by atoms with Crippen molar-refractivity contribution in [2.75, 3.05) is 31.3 Å². The van der Waals surface area contributed by atoms with Crippen LogP contribution in [0.25, 0.3) is 0 Å². The zero-order chi connectivity index (χ0) is 14.3. The number of methoxy groups -OCH3 is 2. The molecule has 0 saturated heterocycles. The highest BCUT2D eigenvalue weighted by Crippen LogP contribution is 2.12. The Balaban J connectivity index is 2.64. The number of hydrogen-bond acceptors (Lipinski definition) is 5. The van der Waals surface area contributed by atoms with Gasteiger partial charge in [-0.1, -0.05) is 0 Å². The number of carbonyl (C=O) groups is 1. The van der Waals surface area contributed by atoms with E-state index in [9.17, 15) is 13.2 Å². The van der Waals surface area contributed by atoms with Gasteiger partial charge in [-0.05, 0) is 30.7 Å². The number of carbonyl (C=O) groups excluding carboxylic acids is 1. The van der Waals surface area contributed by atoms with Gasteiger partial charge in [0.1, 0.15) is 0 Å². The lowest BCUT2D eigenvalue weighted by atomic mass is 10.2. The number of rotatable bonds is 7. The number of benzene rings is 1. The van der Waals surface area contributed by atoms with Crippen LogP contribution in [-0.2, 0) is 19.5 Å². The summed E-state index contributed by atoms with van der Waals surface area (Å²) >= 11 is 0. The van der Waals surface area contributed by atoms with E-state index in [0.717, 1.165) is 0 Å². The lowest BCUT2D eigenvalue weighted by molar-refractivity contribution is 0.0601. The van der Waals surface area contributed by atoms with Crippen molar-refractivity contribution >= 4 is 21.7 Å². The lowest BCUT2D eigenvalue weighted by Gasteiger charge is -2.08. The van der Waals surface area contributed by atoms with Crippen molar-refractivity contribution in [2.24, 2.45) is 0 Å². The first-order valence-corrected chi connectivity index (χ1v) is 7.31. The maximum absolute atomic E-state index is 11.7. The van der Waals surface area contributed by atoms with Crippen molar-refractivity contribution in [2.45, 2.75) is 6.42 Å². The van der Waals surface area contributed by atoms with E-state index in [0.29, 0.717) is 24.3 Å². The molecule has 0 unspecified atom stereocenters. The summed E-state index contributed by atoms with van der Waals surface area (Å²) in [6.07, 6.45) is 0.423. The molecule has 0 heterocycles. The molecule has 0 aliphatic heterocycles. The van der Waals surface area contributed by atoms with Gasteiger partial charge in [0.05, 0.1) is 18.4 Å². The summed E-state index contributed by atoms with van der Waals surface area (Å²) in [7, 11) is -0.586. The Hall–Kier alpha value is -1.60. The van der Waals surface area contributed by atoms with Crippen LogP contribution in [0.2, 0.25) is 0 Å². The minimum Gasteiger partial charge on any atom is -0.465 e. The lowest BCUT2D eigenvalue weighted by Crippen LogP contribution is -2.17. The van der Waals surface area contributed by atoms with E-state index in [4.69, 9.17) is 4.74 Å². The van der Waals surface area contributed by atoms with Gasteiger partial charge >= 0.3 is 5.97 Å². The molecule has 6 nitrogen and oxygen atoms in total. The molecule has 19 heavy (non-hydrogen) atoms. The zero-order valence-corrected chi connectivity index (χ0v) is 11.7. The fourth-order valence-electron chi connectivity index (χ4n) is 1.42. The van der Waals surface area contributed by atoms with E-state index in [1.165, 1.54) is 38.5 Å². The van der Waals surface area contributed by atoms with Crippen LogP contribution in [0.1, 0.15) is 16.8 Å². The Bertz CT molecular complexity index is 509. The molecule has 1 N–H and O–H groups in total. The summed E-state index contributed by atoms with van der Waals surface area (Å²) in [5, 5.41) is 0. The van der Waals surface area contributed by atoms with E-state index in [-0.39, 0.29) is 5.75 Å². The van der Waals surface area contributed by atoms with Gasteiger partial charge in [0.15, 0.2) is 0 Å². The fraction of sp³-hybridized carbons (Fsp3) is 0.417. The van der Waals surface area contributed by atoms with Crippen molar-refractivity contribution in [1.82, 2.24) is 0 Å². The minimum absolute atomic E-state index is 0.0143. The maximum Gasteiger partial charge on any atom is 0.337 e. The maximum atomic E-state index is 11.7. The molecule has 7 heteroatoms. The van der Waals surface area contributed by atoms with Gasteiger partial charge < -0.3 is 9.47 Å². The third kappa shape index (κ3) is 5.27. The molecule has 0 atom stereocenters. The van der Waals surface area contributed by atoms with E-state index in [2.05, 4.69) is 9.46 Å². The molecule has 0 saturated carbocycles. The van der Waals surface area contributed by atoms with Gasteiger partial charge in [-0.2, -0.15) is 0 Å². The first-order valence-electron chi connectivity index (χ1n) is 5.66. The second-order valence-corrected chi connectivity index (χ2v) is 5.68. The molecule has 1 rings (SSSR count). The number of esters is 1. The SMILES string of the molecule is COCCCS(=O)(=O)Nc1ccc(C(=O)OC)cc1. The average molecular weight is 287 g/mol. The largest absolute Gasteiger partial charge is 0.465 e. The van der Waals surface area contributed by atoms with Gasteiger partial charge in [-0.3, -0.25) is 4.72 Å². The van der Waals surface area contributed by atoms with Crippen molar-refractivity contribution in [3.63, 3.8) is 0 Å². The van der Waals surface area contributed by atoms with Gasteiger partial charge in [-0.15, -0.1) is 0 Å². The second-order valence-electron chi connectivity index (χ2n) is 3.84. The number of sulfonamides is 1. The van der Waals surface area contributed by atoms with Gasteiger partial charge in [-0.25, -0.2) is 13.2 Å². The predicted octanol–water partition coefficient (Wildman–Crippen LogP) is 1.25. The van der Waals surface area contributed by atoms with Crippen molar-refractivity contribution in [3.05, 3.63) is 29.8 Å². The Morgan fingerprint density at radius 3 is 2.37 bits per heavy atom. The van der Waals surface area contributed by atoms with Crippen LogP contribution in [0.3, 0.4) is 0 Å². The fourth-order valence-corrected chi connectivity index (χ4v) is 2.51. The molecule has 0 amide bonds. The number of ether oxygens (including phenoxy) is 2. The molecular weight excluding hydrogens is 270 g/mol. The van der Waals surface area contributed by atoms with E-state index >= 15 is 0 Å². The number of hydrogen-bond donors (Lipinski definition) is 1. The topological polar surface area (TPSA) is 81.7 Å². The van der Waals surface area contributed by atoms with E-state index in [1.807, 2.05) is 0 Å². The summed E-state index contributed by atoms with van der Waals surface area (Å²) in [4.78, 5) is 11.2. The molecule has 0 aromatic heterocycles. The molecule has 1 aromatic rings. The van der Waals surface area contributed by atoms with Crippen LogP contribution >= 0.6 is 0 Å². The smallest absolute Gasteiger partial charge is 0.337 e. The molecular formula is C12H17NO5S. The summed E-state index contributed by atoms with van der Waals surface area (Å²) in [6.45, 7) is 0.391. The van der Waals surface area contributed by atoms with Gasteiger partial charge in [0.25, 0.3) is 0 Å². The molecule has 0 aliphatic carbocycles. The molecule has 0 fully saturated rings. The third-order valence-corrected chi connectivity index (χ3v) is 3.71. The number of nitrogens with one attached hydrogen (secondary N) is 1. The zero-order valence-electron chi connectivity index (χ0n) is 10.9. The second kappa shape index (κ2) is 7.10. The normalized spacial score (nSPS) is 11.1. The summed E-state index contributed by atoms with van der Waals surface area (Å²) in [5.74, 6) is -0.478. The Kier molecular flexibility index (Phi) is 5.78. The third-order valence-electron chi connectivity index (χ3n) is 2.34. The van der Waals surface area contributed by atoms with Crippen LogP contribution in [0.4, 0.5) is 5.69 Å². The Labute approximate surface area is 112 Å². The van der Waals surface area contributed by atoms with Crippen molar-refractivity contribution < 1.29 is 22.7 Å². The molecule has 1 aromatic carbocycles. The monoisotopic (exact) mass is 287 g/mol. The molecule has 0 bridgehead atoms. The highest BCUT2D eigenvalue weighted by atomic mass is 32.2. The first kappa shape index (κ1) is 15.5. The minimum atomic E-state index is -3.39. The quantitative estimate of drug-likeness (QED) is 0.603. The first-order chi connectivity index (χ1) is 8.98. The Morgan fingerprint density at radius 1 is 1.21 bits per heavy atom. The molecule has 106 valence electrons. The van der Waals surface area contributed by atoms with E-state index < -0.39 is 16.0 Å². The van der Waals surface area contributed by atoms with Crippen LogP contribution < -0.4 is 4.72 Å². The predicted molar refractivity (Wildman–Crippen MR) is 71.7 cm³/mol. The van der Waals surface area contributed by atoms with Gasteiger partial charge in [0, 0.05) is 19.4 Å². The van der Waals surface area contributed by atoms with Crippen molar-refractivity contribution in [3.8, 4) is 0 Å². The summed E-state index contributed by atoms with van der Waals surface area (Å²) < 4.78 is 35.2. The van der Waals surface area contributed by atoms with Gasteiger partial charge in [0.2, 0.25) is 10.0 Å². The summed E-state index contributed by atoms with van der Waals surface area (Å²) in [5.41, 5.74) is 0.773. The average Bonchev–Trinajstić information content (AvgIpc) is 2.38. The standard InChI is InChI=1S/C12H17NO5S/c1-17-8-3-9-19(15,16)13-11-6-4-10(5-7-11)12(14)18-2/h4-7,13H,3,8-9H2,1-2H3. The molecule has 0 aliphatic rings. The number of anilines is 1. The van der Waals surface area contributed by atoms with Crippen LogP contribution in [0, 0.1) is 0 Å². The molecule has 0 radical (unpaired) electrons. The van der Waals surface area contributed by atoms with Crippen LogP contribution in [0.15, 0.2) is 24.3 Å². The Morgan fingerprint density at radius 2 is 1.84 bits per heavy atom. The summed E-state index contributed by atoms with van der Waals surface area (Å²) in [6, 6.07) is 6.03. The van der Waals surface area contributed by atoms with E-state index in [1.54, 1.807) is 0 Å².